The van der Waals surface area contributed by atoms with Gasteiger partial charge in [-0.05, 0) is 19.8 Å². The third kappa shape index (κ3) is 1.84. The number of ether oxygens (including phenoxy) is 1. The van der Waals surface area contributed by atoms with Gasteiger partial charge in [0.05, 0.1) is 18.6 Å². The number of hydrogen-bond acceptors (Lipinski definition) is 3. The van der Waals surface area contributed by atoms with Crippen LogP contribution in [0.2, 0.25) is 0 Å². The first-order chi connectivity index (χ1) is 6.56. The lowest BCUT2D eigenvalue weighted by atomic mass is 9.75. The van der Waals surface area contributed by atoms with Crippen molar-refractivity contribution in [1.82, 2.24) is 0 Å². The summed E-state index contributed by atoms with van der Waals surface area (Å²) in [5.41, 5.74) is 5.47. The quantitative estimate of drug-likeness (QED) is 0.743. The van der Waals surface area contributed by atoms with Crippen molar-refractivity contribution in [2.24, 2.45) is 17.1 Å². The zero-order valence-corrected chi connectivity index (χ0v) is 9.38. The minimum absolute atomic E-state index is 0.129. The Balaban J connectivity index is 2.76. The molecule has 1 aliphatic heterocycles. The molecule has 14 heavy (non-hydrogen) atoms. The van der Waals surface area contributed by atoms with Crippen molar-refractivity contribution < 1.29 is 9.53 Å². The summed E-state index contributed by atoms with van der Waals surface area (Å²) in [7, 11) is 0. The summed E-state index contributed by atoms with van der Waals surface area (Å²) in [5.74, 6) is 0.431. The van der Waals surface area contributed by atoms with E-state index >= 15 is 0 Å². The van der Waals surface area contributed by atoms with Crippen LogP contribution in [0.1, 0.15) is 33.6 Å². The first kappa shape index (κ1) is 11.7. The first-order valence-electron chi connectivity index (χ1n) is 5.43. The average molecular weight is 199 g/mol. The van der Waals surface area contributed by atoms with Gasteiger partial charge in [0.2, 0.25) is 0 Å². The molecule has 2 unspecified atom stereocenters. The Kier molecular flexibility index (Phi) is 3.67. The molecule has 1 saturated heterocycles. The van der Waals surface area contributed by atoms with E-state index < -0.39 is 5.41 Å². The highest BCUT2D eigenvalue weighted by Gasteiger charge is 2.45. The molecule has 3 nitrogen and oxygen atoms in total. The summed E-state index contributed by atoms with van der Waals surface area (Å²) in [6.07, 6.45) is 1.80. The number of carbonyl (C=O) groups is 1. The molecule has 1 aliphatic rings. The van der Waals surface area contributed by atoms with Gasteiger partial charge in [-0.25, -0.2) is 0 Å². The Morgan fingerprint density at radius 1 is 1.57 bits per heavy atom. The van der Waals surface area contributed by atoms with Gasteiger partial charge in [-0.1, -0.05) is 13.8 Å². The van der Waals surface area contributed by atoms with Gasteiger partial charge in [-0.3, -0.25) is 4.79 Å². The number of ketones is 1. The largest absolute Gasteiger partial charge is 0.379 e. The molecular weight excluding hydrogens is 178 g/mol. The van der Waals surface area contributed by atoms with E-state index in [-0.39, 0.29) is 17.7 Å². The summed E-state index contributed by atoms with van der Waals surface area (Å²) in [6, 6.07) is -0.129. The molecule has 0 amide bonds. The van der Waals surface area contributed by atoms with E-state index in [0.717, 1.165) is 12.8 Å². The number of carbonyl (C=O) groups excluding carboxylic acids is 1. The van der Waals surface area contributed by atoms with Gasteiger partial charge in [-0.2, -0.15) is 0 Å². The molecule has 1 rings (SSSR count). The zero-order valence-electron chi connectivity index (χ0n) is 9.38. The van der Waals surface area contributed by atoms with Crippen LogP contribution in [0, 0.1) is 11.3 Å². The number of hydrogen-bond donors (Lipinski definition) is 1. The van der Waals surface area contributed by atoms with Gasteiger partial charge in [0.25, 0.3) is 0 Å². The maximum atomic E-state index is 12.2. The van der Waals surface area contributed by atoms with Crippen LogP contribution in [0.15, 0.2) is 0 Å². The van der Waals surface area contributed by atoms with Crippen molar-refractivity contribution in [3.63, 3.8) is 0 Å². The number of nitrogens with two attached hydrogens (primary N) is 1. The van der Waals surface area contributed by atoms with Gasteiger partial charge in [-0.15, -0.1) is 0 Å². The molecule has 0 spiro atoms. The Morgan fingerprint density at radius 3 is 2.50 bits per heavy atom. The van der Waals surface area contributed by atoms with Crippen LogP contribution in [-0.2, 0) is 9.53 Å². The Hall–Kier alpha value is -0.410. The highest BCUT2D eigenvalue weighted by Crippen LogP contribution is 2.32. The SMILES string of the molecule is CCC(CC)C(=O)C1(C)COCC1N. The summed E-state index contributed by atoms with van der Waals surface area (Å²) >= 11 is 0. The van der Waals surface area contributed by atoms with Crippen LogP contribution < -0.4 is 5.73 Å². The Morgan fingerprint density at radius 2 is 2.14 bits per heavy atom. The minimum Gasteiger partial charge on any atom is -0.379 e. The number of Topliss-reactive ketones (excluding diaryl/α,β-unsaturated/α-hetero) is 1. The van der Waals surface area contributed by atoms with Gasteiger partial charge in [0.15, 0.2) is 0 Å². The minimum atomic E-state index is -0.448. The third-order valence-electron chi connectivity index (χ3n) is 3.44. The van der Waals surface area contributed by atoms with E-state index in [4.69, 9.17) is 10.5 Å². The van der Waals surface area contributed by atoms with Gasteiger partial charge >= 0.3 is 0 Å². The second-order valence-electron chi connectivity index (χ2n) is 4.42. The van der Waals surface area contributed by atoms with Crippen molar-refractivity contribution in [2.45, 2.75) is 39.7 Å². The lowest BCUT2D eigenvalue weighted by Gasteiger charge is -2.29. The molecule has 1 fully saturated rings. The third-order valence-corrected chi connectivity index (χ3v) is 3.44. The highest BCUT2D eigenvalue weighted by molar-refractivity contribution is 5.87. The van der Waals surface area contributed by atoms with Gasteiger partial charge < -0.3 is 10.5 Å². The zero-order chi connectivity index (χ0) is 10.8. The fourth-order valence-electron chi connectivity index (χ4n) is 2.07. The summed E-state index contributed by atoms with van der Waals surface area (Å²) in [5, 5.41) is 0. The van der Waals surface area contributed by atoms with E-state index in [1.165, 1.54) is 0 Å². The van der Waals surface area contributed by atoms with Crippen LogP contribution >= 0.6 is 0 Å². The van der Waals surface area contributed by atoms with E-state index in [1.54, 1.807) is 0 Å². The maximum Gasteiger partial charge on any atom is 0.145 e. The standard InChI is InChI=1S/C11H21NO2/c1-4-8(5-2)10(13)11(3)7-14-6-9(11)12/h8-9H,4-7,12H2,1-3H3. The summed E-state index contributed by atoms with van der Waals surface area (Å²) in [4.78, 5) is 12.2. The first-order valence-corrected chi connectivity index (χ1v) is 5.43. The maximum absolute atomic E-state index is 12.2. The fourth-order valence-corrected chi connectivity index (χ4v) is 2.07. The molecule has 0 aromatic heterocycles. The normalized spacial score (nSPS) is 32.5. The Labute approximate surface area is 86.0 Å². The number of rotatable bonds is 4. The monoisotopic (exact) mass is 199 g/mol. The van der Waals surface area contributed by atoms with Crippen molar-refractivity contribution in [2.75, 3.05) is 13.2 Å². The Bertz CT molecular complexity index is 213. The van der Waals surface area contributed by atoms with E-state index in [9.17, 15) is 4.79 Å². The smallest absolute Gasteiger partial charge is 0.145 e. The van der Waals surface area contributed by atoms with Crippen LogP contribution in [0.3, 0.4) is 0 Å². The molecule has 1 heterocycles. The molecule has 0 aliphatic carbocycles. The predicted octanol–water partition coefficient (Wildman–Crippen LogP) is 1.36. The molecule has 2 atom stereocenters. The lowest BCUT2D eigenvalue weighted by molar-refractivity contribution is -0.132. The summed E-state index contributed by atoms with van der Waals surface area (Å²) in [6.45, 7) is 7.05. The average Bonchev–Trinajstić information content (AvgIpc) is 2.50. The highest BCUT2D eigenvalue weighted by atomic mass is 16.5. The van der Waals surface area contributed by atoms with Crippen LogP contribution in [0.25, 0.3) is 0 Å². The molecule has 0 aromatic carbocycles. The van der Waals surface area contributed by atoms with Gasteiger partial charge in [0, 0.05) is 12.0 Å². The molecule has 0 radical (unpaired) electrons. The van der Waals surface area contributed by atoms with Crippen molar-refractivity contribution >= 4 is 5.78 Å². The molecule has 0 bridgehead atoms. The van der Waals surface area contributed by atoms with Crippen LogP contribution in [0.4, 0.5) is 0 Å². The van der Waals surface area contributed by atoms with E-state index in [2.05, 4.69) is 13.8 Å². The van der Waals surface area contributed by atoms with Crippen LogP contribution in [-0.4, -0.2) is 25.0 Å². The van der Waals surface area contributed by atoms with E-state index in [0.29, 0.717) is 13.2 Å². The molecule has 2 N–H and O–H groups in total. The van der Waals surface area contributed by atoms with Crippen molar-refractivity contribution in [3.05, 3.63) is 0 Å². The van der Waals surface area contributed by atoms with Crippen LogP contribution in [0.5, 0.6) is 0 Å². The molecule has 82 valence electrons. The molecule has 0 aromatic rings. The molecule has 0 saturated carbocycles. The fraction of sp³-hybridized carbons (Fsp3) is 0.909. The van der Waals surface area contributed by atoms with Crippen molar-refractivity contribution in [1.29, 1.82) is 0 Å². The van der Waals surface area contributed by atoms with Crippen molar-refractivity contribution in [3.8, 4) is 0 Å². The molecule has 3 heteroatoms. The molecular formula is C11H21NO2. The predicted molar refractivity (Wildman–Crippen MR) is 56.0 cm³/mol. The van der Waals surface area contributed by atoms with Gasteiger partial charge in [0.1, 0.15) is 5.78 Å². The second-order valence-corrected chi connectivity index (χ2v) is 4.42. The summed E-state index contributed by atoms with van der Waals surface area (Å²) < 4.78 is 5.29. The van der Waals surface area contributed by atoms with E-state index in [1.807, 2.05) is 6.92 Å². The lowest BCUT2D eigenvalue weighted by Crippen LogP contribution is -2.46. The topological polar surface area (TPSA) is 52.3 Å². The second kappa shape index (κ2) is 4.41.